The third-order valence-electron chi connectivity index (χ3n) is 3.79. The van der Waals surface area contributed by atoms with Crippen LogP contribution in [-0.2, 0) is 4.79 Å². The maximum atomic E-state index is 12.2. The molecule has 1 rings (SSSR count). The summed E-state index contributed by atoms with van der Waals surface area (Å²) in [6.45, 7) is 5.39. The number of carboxylic acids is 1. The average Bonchev–Trinajstić information content (AvgIpc) is 2.35. The summed E-state index contributed by atoms with van der Waals surface area (Å²) < 4.78 is 0. The second kappa shape index (κ2) is 7.47. The zero-order valence-corrected chi connectivity index (χ0v) is 12.9. The van der Waals surface area contributed by atoms with Crippen LogP contribution in [0.15, 0.2) is 0 Å². The van der Waals surface area contributed by atoms with Crippen molar-refractivity contribution in [3.8, 4) is 0 Å². The molecule has 6 heteroatoms. The van der Waals surface area contributed by atoms with E-state index >= 15 is 0 Å². The Labute approximate surface area is 121 Å². The van der Waals surface area contributed by atoms with Gasteiger partial charge in [0, 0.05) is 12.6 Å². The number of hydrogen-bond acceptors (Lipinski definition) is 3. The molecule has 1 aliphatic heterocycles. The van der Waals surface area contributed by atoms with E-state index in [1.165, 1.54) is 4.90 Å². The van der Waals surface area contributed by atoms with Gasteiger partial charge in [0.05, 0.1) is 0 Å². The van der Waals surface area contributed by atoms with Crippen molar-refractivity contribution in [2.75, 3.05) is 27.2 Å². The summed E-state index contributed by atoms with van der Waals surface area (Å²) in [5.74, 6) is -0.557. The quantitative estimate of drug-likeness (QED) is 0.796. The van der Waals surface area contributed by atoms with Crippen LogP contribution in [0.5, 0.6) is 0 Å². The van der Waals surface area contributed by atoms with Crippen molar-refractivity contribution in [3.05, 3.63) is 0 Å². The first-order chi connectivity index (χ1) is 9.31. The fourth-order valence-corrected chi connectivity index (χ4v) is 2.44. The van der Waals surface area contributed by atoms with E-state index in [-0.39, 0.29) is 12.1 Å². The molecule has 0 spiro atoms. The number of amides is 2. The van der Waals surface area contributed by atoms with Crippen molar-refractivity contribution in [3.63, 3.8) is 0 Å². The maximum Gasteiger partial charge on any atom is 0.326 e. The van der Waals surface area contributed by atoms with Gasteiger partial charge in [-0.3, -0.25) is 0 Å². The topological polar surface area (TPSA) is 72.9 Å². The van der Waals surface area contributed by atoms with Gasteiger partial charge in [-0.25, -0.2) is 9.59 Å². The van der Waals surface area contributed by atoms with E-state index in [1.807, 2.05) is 27.9 Å². The monoisotopic (exact) mass is 285 g/mol. The first-order valence-corrected chi connectivity index (χ1v) is 7.26. The highest BCUT2D eigenvalue weighted by atomic mass is 16.4. The number of nitrogens with zero attached hydrogens (tertiary/aromatic N) is 2. The summed E-state index contributed by atoms with van der Waals surface area (Å²) >= 11 is 0. The number of piperidine rings is 1. The highest BCUT2D eigenvalue weighted by molar-refractivity contribution is 5.83. The Bertz CT molecular complexity index is 347. The molecular formula is C14H27N3O3. The van der Waals surface area contributed by atoms with Gasteiger partial charge in [0.25, 0.3) is 0 Å². The zero-order chi connectivity index (χ0) is 15.3. The standard InChI is InChI=1S/C14H27N3O3/c1-10-5-8-17(12(9-10)13(18)19)14(20)15-11(2)6-7-16(3)4/h10-12H,5-9H2,1-4H3,(H,15,20)(H,18,19). The molecule has 0 bridgehead atoms. The van der Waals surface area contributed by atoms with Crippen LogP contribution in [0, 0.1) is 5.92 Å². The molecule has 0 saturated carbocycles. The molecule has 1 heterocycles. The summed E-state index contributed by atoms with van der Waals surface area (Å²) in [5.41, 5.74) is 0. The van der Waals surface area contributed by atoms with Gasteiger partial charge in [-0.15, -0.1) is 0 Å². The molecule has 0 radical (unpaired) electrons. The Balaban J connectivity index is 2.54. The third kappa shape index (κ3) is 5.00. The van der Waals surface area contributed by atoms with Gasteiger partial charge >= 0.3 is 12.0 Å². The molecule has 6 nitrogen and oxygen atoms in total. The molecule has 20 heavy (non-hydrogen) atoms. The summed E-state index contributed by atoms with van der Waals surface area (Å²) in [4.78, 5) is 27.0. The largest absolute Gasteiger partial charge is 0.480 e. The number of aliphatic carboxylic acids is 1. The van der Waals surface area contributed by atoms with Crippen LogP contribution < -0.4 is 5.32 Å². The Hall–Kier alpha value is -1.30. The van der Waals surface area contributed by atoms with Gasteiger partial charge in [0.1, 0.15) is 6.04 Å². The number of nitrogens with one attached hydrogen (secondary N) is 1. The van der Waals surface area contributed by atoms with E-state index in [0.29, 0.717) is 18.9 Å². The van der Waals surface area contributed by atoms with Crippen molar-refractivity contribution >= 4 is 12.0 Å². The zero-order valence-electron chi connectivity index (χ0n) is 12.9. The lowest BCUT2D eigenvalue weighted by Gasteiger charge is -2.36. The predicted octanol–water partition coefficient (Wildman–Crippen LogP) is 1.22. The minimum Gasteiger partial charge on any atom is -0.480 e. The highest BCUT2D eigenvalue weighted by Gasteiger charge is 2.34. The van der Waals surface area contributed by atoms with Gasteiger partial charge < -0.3 is 20.2 Å². The number of likely N-dealkylation sites (tertiary alicyclic amines) is 1. The van der Waals surface area contributed by atoms with Crippen molar-refractivity contribution in [2.24, 2.45) is 5.92 Å². The van der Waals surface area contributed by atoms with Crippen molar-refractivity contribution < 1.29 is 14.7 Å². The molecule has 0 aromatic rings. The normalized spacial score (nSPS) is 24.6. The summed E-state index contributed by atoms with van der Waals surface area (Å²) in [6.07, 6.45) is 2.25. The molecule has 2 amide bonds. The third-order valence-corrected chi connectivity index (χ3v) is 3.79. The van der Waals surface area contributed by atoms with Crippen LogP contribution in [0.3, 0.4) is 0 Å². The Morgan fingerprint density at radius 2 is 2.10 bits per heavy atom. The van der Waals surface area contributed by atoms with Gasteiger partial charge in [-0.2, -0.15) is 0 Å². The minimum absolute atomic E-state index is 0.0405. The fourth-order valence-electron chi connectivity index (χ4n) is 2.44. The van der Waals surface area contributed by atoms with E-state index in [2.05, 4.69) is 10.2 Å². The highest BCUT2D eigenvalue weighted by Crippen LogP contribution is 2.22. The molecule has 3 atom stereocenters. The smallest absolute Gasteiger partial charge is 0.326 e. The van der Waals surface area contributed by atoms with E-state index in [0.717, 1.165) is 19.4 Å². The van der Waals surface area contributed by atoms with Crippen LogP contribution >= 0.6 is 0 Å². The molecule has 3 unspecified atom stereocenters. The number of carbonyl (C=O) groups excluding carboxylic acids is 1. The van der Waals surface area contributed by atoms with E-state index in [9.17, 15) is 14.7 Å². The van der Waals surface area contributed by atoms with Crippen LogP contribution in [0.2, 0.25) is 0 Å². The predicted molar refractivity (Wildman–Crippen MR) is 77.7 cm³/mol. The lowest BCUT2D eigenvalue weighted by atomic mass is 9.93. The summed E-state index contributed by atoms with van der Waals surface area (Å²) in [5, 5.41) is 12.2. The minimum atomic E-state index is -0.910. The van der Waals surface area contributed by atoms with Crippen LogP contribution in [0.25, 0.3) is 0 Å². The Morgan fingerprint density at radius 3 is 2.65 bits per heavy atom. The van der Waals surface area contributed by atoms with E-state index in [4.69, 9.17) is 0 Å². The average molecular weight is 285 g/mol. The van der Waals surface area contributed by atoms with Gasteiger partial charge in [-0.05, 0) is 52.7 Å². The van der Waals surface area contributed by atoms with Gasteiger partial charge in [-0.1, -0.05) is 6.92 Å². The fraction of sp³-hybridized carbons (Fsp3) is 0.857. The molecule has 0 aromatic carbocycles. The Kier molecular flexibility index (Phi) is 6.26. The van der Waals surface area contributed by atoms with Gasteiger partial charge in [0.15, 0.2) is 0 Å². The van der Waals surface area contributed by atoms with E-state index < -0.39 is 12.0 Å². The molecule has 0 aliphatic carbocycles. The lowest BCUT2D eigenvalue weighted by Crippen LogP contribution is -2.54. The number of carboxylic acid groups (broad SMARTS) is 1. The van der Waals surface area contributed by atoms with E-state index in [1.54, 1.807) is 0 Å². The first-order valence-electron chi connectivity index (χ1n) is 7.26. The van der Waals surface area contributed by atoms with Crippen LogP contribution in [-0.4, -0.2) is 66.2 Å². The number of urea groups is 1. The lowest BCUT2D eigenvalue weighted by molar-refractivity contribution is -0.143. The molecule has 0 aromatic heterocycles. The summed E-state index contributed by atoms with van der Waals surface area (Å²) in [6, 6.07) is -0.908. The molecule has 1 aliphatic rings. The van der Waals surface area contributed by atoms with Crippen LogP contribution in [0.4, 0.5) is 4.79 Å². The number of carbonyl (C=O) groups is 2. The van der Waals surface area contributed by atoms with Gasteiger partial charge in [0.2, 0.25) is 0 Å². The molecular weight excluding hydrogens is 258 g/mol. The second-order valence-electron chi connectivity index (χ2n) is 6.12. The van der Waals surface area contributed by atoms with Crippen molar-refractivity contribution in [2.45, 2.75) is 45.2 Å². The SMILES string of the molecule is CC1CCN(C(=O)NC(C)CCN(C)C)C(C(=O)O)C1. The number of hydrogen-bond donors (Lipinski definition) is 2. The van der Waals surface area contributed by atoms with Crippen molar-refractivity contribution in [1.29, 1.82) is 0 Å². The maximum absolute atomic E-state index is 12.2. The molecule has 1 saturated heterocycles. The molecule has 116 valence electrons. The van der Waals surface area contributed by atoms with Crippen LogP contribution in [0.1, 0.15) is 33.1 Å². The molecule has 1 fully saturated rings. The summed E-state index contributed by atoms with van der Waals surface area (Å²) in [7, 11) is 3.97. The molecule has 2 N–H and O–H groups in total. The number of rotatable bonds is 5. The van der Waals surface area contributed by atoms with Crippen molar-refractivity contribution in [1.82, 2.24) is 15.1 Å². The Morgan fingerprint density at radius 1 is 1.45 bits per heavy atom. The second-order valence-corrected chi connectivity index (χ2v) is 6.12. The first kappa shape index (κ1) is 16.8.